The number of hydrogen-bond acceptors (Lipinski definition) is 6. The maximum atomic E-state index is 12.6. The number of ketones is 1. The van der Waals surface area contributed by atoms with E-state index in [1.807, 2.05) is 55.5 Å². The molecule has 0 aliphatic rings. The summed E-state index contributed by atoms with van der Waals surface area (Å²) < 4.78 is 0. The van der Waals surface area contributed by atoms with E-state index < -0.39 is 0 Å². The molecule has 1 atom stereocenters. The number of amides is 1. The average molecular weight is 549 g/mol. The third kappa shape index (κ3) is 4.80. The summed E-state index contributed by atoms with van der Waals surface area (Å²) in [6.07, 6.45) is 5.35. The monoisotopic (exact) mass is 548 g/mol. The number of Topliss-reactive ketones (excluding diaryl/α,β-unsaturated/α-hetero) is 1. The number of pyridine rings is 1. The molecular weight excluding hydrogens is 520 g/mol. The van der Waals surface area contributed by atoms with E-state index in [0.717, 1.165) is 62.0 Å². The summed E-state index contributed by atoms with van der Waals surface area (Å²) in [6.45, 7) is 5.61. The second-order valence-electron chi connectivity index (χ2n) is 9.98. The zero-order valence-electron chi connectivity index (χ0n) is 22.4. The lowest BCUT2D eigenvalue weighted by molar-refractivity contribution is -0.119. The Morgan fingerprint density at radius 2 is 1.88 bits per heavy atom. The van der Waals surface area contributed by atoms with Gasteiger partial charge < -0.3 is 10.3 Å². The highest BCUT2D eigenvalue weighted by molar-refractivity contribution is 7.17. The first kappa shape index (κ1) is 25.6. The van der Waals surface area contributed by atoms with Crippen LogP contribution in [0.15, 0.2) is 67.0 Å². The van der Waals surface area contributed by atoms with E-state index in [0.29, 0.717) is 16.4 Å². The lowest BCUT2D eigenvalue weighted by atomic mass is 10.0. The number of benzene rings is 2. The first-order chi connectivity index (χ1) is 19.4. The minimum absolute atomic E-state index is 0.0328. The smallest absolute Gasteiger partial charge is 0.227 e. The molecule has 40 heavy (non-hydrogen) atoms. The van der Waals surface area contributed by atoms with Gasteiger partial charge in [-0.2, -0.15) is 5.10 Å². The van der Waals surface area contributed by atoms with Crippen molar-refractivity contribution < 1.29 is 9.59 Å². The molecule has 4 heterocycles. The van der Waals surface area contributed by atoms with Crippen molar-refractivity contribution in [2.24, 2.45) is 5.92 Å². The van der Waals surface area contributed by atoms with Crippen LogP contribution in [0.25, 0.3) is 55.0 Å². The van der Waals surface area contributed by atoms with Gasteiger partial charge in [-0.15, -0.1) is 11.3 Å². The number of anilines is 1. The summed E-state index contributed by atoms with van der Waals surface area (Å²) in [5.41, 5.74) is 6.79. The number of hydrogen-bond donors (Lipinski definition) is 3. The number of nitrogens with one attached hydrogen (secondary N) is 3. The van der Waals surface area contributed by atoms with Gasteiger partial charge in [-0.25, -0.2) is 4.98 Å². The SMILES string of the molecule is CCCC(C)C(=O)Nc1cccc(-c2ccc3[nH]nc(-c4nc5c(-c6ccc(C(C)=O)s6)cncc5[nH]4)c3c2)c1. The Balaban J connectivity index is 1.36. The summed E-state index contributed by atoms with van der Waals surface area (Å²) in [7, 11) is 0. The molecule has 200 valence electrons. The summed E-state index contributed by atoms with van der Waals surface area (Å²) in [6, 6.07) is 17.8. The van der Waals surface area contributed by atoms with E-state index in [1.165, 1.54) is 11.3 Å². The van der Waals surface area contributed by atoms with Gasteiger partial charge in [-0.3, -0.25) is 19.7 Å². The predicted octanol–water partition coefficient (Wildman–Crippen LogP) is 7.47. The van der Waals surface area contributed by atoms with E-state index in [2.05, 4.69) is 38.5 Å². The highest BCUT2D eigenvalue weighted by atomic mass is 32.1. The molecule has 0 spiro atoms. The van der Waals surface area contributed by atoms with Crippen molar-refractivity contribution in [2.45, 2.75) is 33.6 Å². The molecule has 9 heteroatoms. The quantitative estimate of drug-likeness (QED) is 0.171. The zero-order valence-corrected chi connectivity index (χ0v) is 23.2. The van der Waals surface area contributed by atoms with Crippen LogP contribution < -0.4 is 5.32 Å². The summed E-state index contributed by atoms with van der Waals surface area (Å²) in [5, 5.41) is 11.7. The number of fused-ring (bicyclic) bond motifs is 2. The number of H-pyrrole nitrogens is 2. The van der Waals surface area contributed by atoms with Crippen LogP contribution >= 0.6 is 11.3 Å². The van der Waals surface area contributed by atoms with Gasteiger partial charge in [0.25, 0.3) is 0 Å². The molecule has 0 radical (unpaired) electrons. The van der Waals surface area contributed by atoms with Crippen LogP contribution in [0.4, 0.5) is 5.69 Å². The lowest BCUT2D eigenvalue weighted by Gasteiger charge is -2.12. The number of thiophene rings is 1. The highest BCUT2D eigenvalue weighted by Gasteiger charge is 2.18. The first-order valence-electron chi connectivity index (χ1n) is 13.3. The number of rotatable bonds is 8. The summed E-state index contributed by atoms with van der Waals surface area (Å²) in [5.74, 6) is 0.665. The van der Waals surface area contributed by atoms with Gasteiger partial charge in [0, 0.05) is 33.6 Å². The van der Waals surface area contributed by atoms with Crippen molar-refractivity contribution in [3.05, 3.63) is 71.9 Å². The fourth-order valence-electron chi connectivity index (χ4n) is 4.88. The van der Waals surface area contributed by atoms with E-state index >= 15 is 0 Å². The Kier molecular flexibility index (Phi) is 6.73. The van der Waals surface area contributed by atoms with Gasteiger partial charge in [0.2, 0.25) is 5.91 Å². The Bertz CT molecular complexity index is 1880. The molecule has 8 nitrogen and oxygen atoms in total. The van der Waals surface area contributed by atoms with Crippen LogP contribution in [0, 0.1) is 5.92 Å². The van der Waals surface area contributed by atoms with E-state index in [4.69, 9.17) is 4.98 Å². The van der Waals surface area contributed by atoms with Gasteiger partial charge in [-0.1, -0.05) is 38.5 Å². The molecule has 1 amide bonds. The fraction of sp³-hybridized carbons (Fsp3) is 0.194. The third-order valence-corrected chi connectivity index (χ3v) is 8.25. The van der Waals surface area contributed by atoms with Crippen LogP contribution in [0.3, 0.4) is 0 Å². The Morgan fingerprint density at radius 1 is 1.02 bits per heavy atom. The highest BCUT2D eigenvalue weighted by Crippen LogP contribution is 2.35. The summed E-state index contributed by atoms with van der Waals surface area (Å²) >= 11 is 1.43. The molecular formula is C31H28N6O2S. The van der Waals surface area contributed by atoms with Crippen molar-refractivity contribution in [3.63, 3.8) is 0 Å². The van der Waals surface area contributed by atoms with E-state index in [-0.39, 0.29) is 17.6 Å². The molecule has 0 fully saturated rings. The number of imidazole rings is 1. The second-order valence-corrected chi connectivity index (χ2v) is 11.1. The molecule has 1 unspecified atom stereocenters. The van der Waals surface area contributed by atoms with Crippen molar-refractivity contribution in [1.82, 2.24) is 25.1 Å². The molecule has 0 aliphatic carbocycles. The predicted molar refractivity (Wildman–Crippen MR) is 160 cm³/mol. The van der Waals surface area contributed by atoms with Crippen LogP contribution in [-0.2, 0) is 4.79 Å². The van der Waals surface area contributed by atoms with Crippen molar-refractivity contribution >= 4 is 50.7 Å². The van der Waals surface area contributed by atoms with E-state index in [9.17, 15) is 9.59 Å². The maximum Gasteiger partial charge on any atom is 0.227 e. The molecule has 3 N–H and O–H groups in total. The topological polar surface area (TPSA) is 116 Å². The van der Waals surface area contributed by atoms with Crippen LogP contribution in [0.1, 0.15) is 43.3 Å². The molecule has 0 saturated heterocycles. The number of aromatic nitrogens is 5. The number of aromatic amines is 2. The molecule has 0 saturated carbocycles. The minimum atomic E-state index is -0.0333. The van der Waals surface area contributed by atoms with Gasteiger partial charge in [0.1, 0.15) is 11.2 Å². The number of carbonyl (C=O) groups is 2. The lowest BCUT2D eigenvalue weighted by Crippen LogP contribution is -2.20. The molecule has 6 aromatic rings. The van der Waals surface area contributed by atoms with Crippen LogP contribution in [0.5, 0.6) is 0 Å². The molecule has 2 aromatic carbocycles. The largest absolute Gasteiger partial charge is 0.335 e. The van der Waals surface area contributed by atoms with Crippen molar-refractivity contribution in [2.75, 3.05) is 5.32 Å². The average Bonchev–Trinajstić information content (AvgIpc) is 3.71. The fourth-order valence-corrected chi connectivity index (χ4v) is 5.79. The second kappa shape index (κ2) is 10.5. The number of nitrogens with zero attached hydrogens (tertiary/aromatic N) is 3. The molecule has 4 aromatic heterocycles. The first-order valence-corrected chi connectivity index (χ1v) is 14.1. The number of carbonyl (C=O) groups excluding carboxylic acids is 2. The van der Waals surface area contributed by atoms with Crippen molar-refractivity contribution in [3.8, 4) is 33.1 Å². The van der Waals surface area contributed by atoms with Gasteiger partial charge in [0.05, 0.1) is 22.1 Å². The standard InChI is InChI=1S/C31H28N6O2S/c1-4-6-17(2)31(39)33-21-8-5-7-19(13-21)20-9-10-24-22(14-20)29(37-36-24)30-34-25-16-32-15-23(28(25)35-30)27-12-11-26(40-27)18(3)38/h5,7-17H,4,6H2,1-3H3,(H,33,39)(H,34,35)(H,36,37). The minimum Gasteiger partial charge on any atom is -0.335 e. The molecule has 6 rings (SSSR count). The van der Waals surface area contributed by atoms with Gasteiger partial charge in [0.15, 0.2) is 11.6 Å². The zero-order chi connectivity index (χ0) is 27.8. The van der Waals surface area contributed by atoms with Gasteiger partial charge in [-0.05, 0) is 60.9 Å². The Labute approximate surface area is 234 Å². The van der Waals surface area contributed by atoms with Crippen LogP contribution in [-0.4, -0.2) is 36.8 Å². The van der Waals surface area contributed by atoms with Crippen LogP contribution in [0.2, 0.25) is 0 Å². The van der Waals surface area contributed by atoms with Gasteiger partial charge >= 0.3 is 0 Å². The Hall–Kier alpha value is -4.63. The molecule has 0 bridgehead atoms. The molecule has 0 aliphatic heterocycles. The normalized spacial score (nSPS) is 12.2. The Morgan fingerprint density at radius 3 is 2.67 bits per heavy atom. The van der Waals surface area contributed by atoms with Crippen molar-refractivity contribution in [1.29, 1.82) is 0 Å². The third-order valence-electron chi connectivity index (χ3n) is 7.03. The van der Waals surface area contributed by atoms with E-state index in [1.54, 1.807) is 19.3 Å². The summed E-state index contributed by atoms with van der Waals surface area (Å²) in [4.78, 5) is 38.7. The maximum absolute atomic E-state index is 12.6.